The Bertz CT molecular complexity index is 1390. The third-order valence-corrected chi connectivity index (χ3v) is 7.10. The number of sulfone groups is 1. The molecule has 1 saturated heterocycles. The Hall–Kier alpha value is -4.16. The Balaban J connectivity index is 1.39. The number of rotatable bonds is 8. The van der Waals surface area contributed by atoms with E-state index in [0.29, 0.717) is 37.7 Å². The summed E-state index contributed by atoms with van der Waals surface area (Å²) in [4.78, 5) is 30.3. The summed E-state index contributed by atoms with van der Waals surface area (Å²) in [5, 5.41) is 18.2. The minimum atomic E-state index is -3.58. The lowest BCUT2D eigenvalue weighted by atomic mass is 10.2. The maximum Gasteiger partial charge on any atom is 0.342 e. The molecule has 3 aromatic rings. The average Bonchev–Trinajstić information content (AvgIpc) is 2.92. The molecule has 11 nitrogen and oxygen atoms in total. The van der Waals surface area contributed by atoms with E-state index in [9.17, 15) is 23.1 Å². The number of ether oxygens (including phenoxy) is 2. The van der Waals surface area contributed by atoms with Crippen molar-refractivity contribution in [2.24, 2.45) is 10.2 Å². The van der Waals surface area contributed by atoms with Gasteiger partial charge in [0.2, 0.25) is 0 Å². The Labute approximate surface area is 213 Å². The second-order valence-electron chi connectivity index (χ2n) is 8.04. The number of pyridine rings is 1. The highest BCUT2D eigenvalue weighted by Gasteiger charge is 2.20. The monoisotopic (exact) mass is 524 g/mol. The van der Waals surface area contributed by atoms with Gasteiger partial charge < -0.3 is 19.5 Å². The van der Waals surface area contributed by atoms with Gasteiger partial charge in [-0.05, 0) is 54.6 Å². The molecule has 1 aliphatic rings. The zero-order chi connectivity index (χ0) is 26.3. The lowest BCUT2D eigenvalue weighted by molar-refractivity contribution is -0.138. The first-order valence-electron chi connectivity index (χ1n) is 11.3. The number of hydrogen-bond donors (Lipinski definition) is 1. The molecule has 0 spiro atoms. The van der Waals surface area contributed by atoms with Crippen LogP contribution in [0.15, 0.2) is 82.0 Å². The number of benzene rings is 2. The molecule has 4 rings (SSSR count). The zero-order valence-corrected chi connectivity index (χ0v) is 20.5. The highest BCUT2D eigenvalue weighted by atomic mass is 32.2. The van der Waals surface area contributed by atoms with E-state index in [-0.39, 0.29) is 33.6 Å². The summed E-state index contributed by atoms with van der Waals surface area (Å²) in [5.74, 6) is -1.78. The molecule has 37 heavy (non-hydrogen) atoms. The molecule has 2 heterocycles. The molecule has 0 aliphatic carbocycles. The standard InChI is InChI=1S/C25H24N4O7S/c30-23-9-6-19(15-22(23)25(32)36-16-24(31)29-11-13-35-14-12-29)28-27-18-4-7-21(8-5-18)37(33,34)17-20-3-1-2-10-26-20/h1-10,15,30H,11-14,16-17H2. The number of amides is 1. The molecule has 0 unspecified atom stereocenters. The van der Waals surface area contributed by atoms with E-state index in [1.165, 1.54) is 53.6 Å². The van der Waals surface area contributed by atoms with E-state index in [1.54, 1.807) is 18.2 Å². The molecule has 1 fully saturated rings. The van der Waals surface area contributed by atoms with Crippen molar-refractivity contribution in [3.05, 3.63) is 78.1 Å². The average molecular weight is 525 g/mol. The van der Waals surface area contributed by atoms with Gasteiger partial charge in [0.05, 0.1) is 40.9 Å². The van der Waals surface area contributed by atoms with Crippen LogP contribution in [0.2, 0.25) is 0 Å². The number of azo groups is 1. The molecule has 0 radical (unpaired) electrons. The van der Waals surface area contributed by atoms with Gasteiger partial charge in [-0.2, -0.15) is 10.2 Å². The number of hydrogen-bond acceptors (Lipinski definition) is 10. The highest BCUT2D eigenvalue weighted by Crippen LogP contribution is 2.26. The summed E-state index contributed by atoms with van der Waals surface area (Å²) in [6.45, 7) is 1.25. The summed E-state index contributed by atoms with van der Waals surface area (Å²) in [7, 11) is -3.58. The van der Waals surface area contributed by atoms with E-state index in [0.717, 1.165) is 0 Å². The van der Waals surface area contributed by atoms with Crippen molar-refractivity contribution < 1.29 is 32.6 Å². The van der Waals surface area contributed by atoms with Crippen LogP contribution in [0.4, 0.5) is 11.4 Å². The fourth-order valence-corrected chi connectivity index (χ4v) is 4.73. The quantitative estimate of drug-likeness (QED) is 0.349. The highest BCUT2D eigenvalue weighted by molar-refractivity contribution is 7.90. The Morgan fingerprint density at radius 2 is 1.70 bits per heavy atom. The molecular formula is C25H24N4O7S. The van der Waals surface area contributed by atoms with Crippen molar-refractivity contribution in [1.29, 1.82) is 0 Å². The molecular weight excluding hydrogens is 500 g/mol. The summed E-state index contributed by atoms with van der Waals surface area (Å²) in [6.07, 6.45) is 1.54. The first-order valence-corrected chi connectivity index (χ1v) is 13.0. The van der Waals surface area contributed by atoms with Gasteiger partial charge in [0.1, 0.15) is 11.3 Å². The number of phenols is 1. The number of carbonyl (C=O) groups is 2. The van der Waals surface area contributed by atoms with Crippen molar-refractivity contribution in [2.45, 2.75) is 10.6 Å². The molecule has 2 aromatic carbocycles. The molecule has 192 valence electrons. The maximum absolute atomic E-state index is 12.6. The lowest BCUT2D eigenvalue weighted by Gasteiger charge is -2.26. The smallest absolute Gasteiger partial charge is 0.342 e. The van der Waals surface area contributed by atoms with Gasteiger partial charge in [0.15, 0.2) is 16.4 Å². The zero-order valence-electron chi connectivity index (χ0n) is 19.7. The number of phenolic OH excluding ortho intramolecular Hbond substituents is 1. The summed E-state index contributed by atoms with van der Waals surface area (Å²) in [5.41, 5.74) is 0.904. The van der Waals surface area contributed by atoms with Gasteiger partial charge in [0, 0.05) is 19.3 Å². The second kappa shape index (κ2) is 11.7. The van der Waals surface area contributed by atoms with E-state index in [2.05, 4.69) is 15.2 Å². The SMILES string of the molecule is O=C(OCC(=O)N1CCOCC1)c1cc(N=Nc2ccc(S(=O)(=O)Cc3ccccn3)cc2)ccc1O. The van der Waals surface area contributed by atoms with Crippen LogP contribution in [-0.2, 0) is 29.9 Å². The van der Waals surface area contributed by atoms with Crippen molar-refractivity contribution >= 4 is 33.1 Å². The fraction of sp³-hybridized carbons (Fsp3) is 0.240. The summed E-state index contributed by atoms with van der Waals surface area (Å²) < 4.78 is 35.5. The van der Waals surface area contributed by atoms with E-state index < -0.39 is 22.4 Å². The Morgan fingerprint density at radius 3 is 2.41 bits per heavy atom. The first-order chi connectivity index (χ1) is 17.8. The fourth-order valence-electron chi connectivity index (χ4n) is 3.46. The third kappa shape index (κ3) is 6.96. The van der Waals surface area contributed by atoms with Gasteiger partial charge in [-0.15, -0.1) is 0 Å². The van der Waals surface area contributed by atoms with Crippen molar-refractivity contribution in [2.75, 3.05) is 32.9 Å². The maximum atomic E-state index is 12.6. The van der Waals surface area contributed by atoms with E-state index in [4.69, 9.17) is 9.47 Å². The number of esters is 1. The predicted octanol–water partition coefficient (Wildman–Crippen LogP) is 3.19. The molecule has 0 saturated carbocycles. The molecule has 1 aromatic heterocycles. The minimum absolute atomic E-state index is 0.124. The van der Waals surface area contributed by atoms with Crippen LogP contribution in [0.25, 0.3) is 0 Å². The molecule has 1 N–H and O–H groups in total. The van der Waals surface area contributed by atoms with Crippen LogP contribution in [0, 0.1) is 0 Å². The van der Waals surface area contributed by atoms with Crippen LogP contribution < -0.4 is 0 Å². The normalized spacial score (nSPS) is 14.0. The lowest BCUT2D eigenvalue weighted by Crippen LogP contribution is -2.42. The number of aromatic hydroxyl groups is 1. The molecule has 0 atom stereocenters. The van der Waals surface area contributed by atoms with Crippen molar-refractivity contribution in [3.8, 4) is 5.75 Å². The summed E-state index contributed by atoms with van der Waals surface area (Å²) >= 11 is 0. The van der Waals surface area contributed by atoms with Crippen molar-refractivity contribution in [3.63, 3.8) is 0 Å². The number of carbonyl (C=O) groups excluding carboxylic acids is 2. The van der Waals surface area contributed by atoms with E-state index >= 15 is 0 Å². The summed E-state index contributed by atoms with van der Waals surface area (Å²) in [6, 6.07) is 14.9. The van der Waals surface area contributed by atoms with Crippen LogP contribution in [0.1, 0.15) is 16.1 Å². The van der Waals surface area contributed by atoms with Crippen LogP contribution >= 0.6 is 0 Å². The number of morpholine rings is 1. The second-order valence-corrected chi connectivity index (χ2v) is 10.0. The third-order valence-electron chi connectivity index (χ3n) is 5.43. The largest absolute Gasteiger partial charge is 0.507 e. The molecule has 1 amide bonds. The number of nitrogens with zero attached hydrogens (tertiary/aromatic N) is 4. The van der Waals surface area contributed by atoms with Crippen LogP contribution in [0.5, 0.6) is 5.75 Å². The van der Waals surface area contributed by atoms with Gasteiger partial charge in [-0.1, -0.05) is 6.07 Å². The van der Waals surface area contributed by atoms with Crippen LogP contribution in [-0.4, -0.2) is 68.2 Å². The van der Waals surface area contributed by atoms with Gasteiger partial charge >= 0.3 is 5.97 Å². The van der Waals surface area contributed by atoms with Crippen molar-refractivity contribution in [1.82, 2.24) is 9.88 Å². The molecule has 12 heteroatoms. The first kappa shape index (κ1) is 25.9. The van der Waals surface area contributed by atoms with Gasteiger partial charge in [0.25, 0.3) is 5.91 Å². The van der Waals surface area contributed by atoms with Crippen LogP contribution in [0.3, 0.4) is 0 Å². The van der Waals surface area contributed by atoms with Gasteiger partial charge in [-0.3, -0.25) is 9.78 Å². The molecule has 1 aliphatic heterocycles. The minimum Gasteiger partial charge on any atom is -0.507 e. The Morgan fingerprint density at radius 1 is 1.00 bits per heavy atom. The number of aromatic nitrogens is 1. The Kier molecular flexibility index (Phi) is 8.21. The predicted molar refractivity (Wildman–Crippen MR) is 132 cm³/mol. The van der Waals surface area contributed by atoms with E-state index in [1.807, 2.05) is 0 Å². The molecule has 0 bridgehead atoms. The van der Waals surface area contributed by atoms with Gasteiger partial charge in [-0.25, -0.2) is 13.2 Å². The topological polar surface area (TPSA) is 148 Å².